The van der Waals surface area contributed by atoms with E-state index in [0.717, 1.165) is 36.3 Å². The summed E-state index contributed by atoms with van der Waals surface area (Å²) in [6, 6.07) is 5.87. The van der Waals surface area contributed by atoms with Crippen molar-refractivity contribution in [2.75, 3.05) is 7.11 Å². The van der Waals surface area contributed by atoms with Crippen LogP contribution in [-0.4, -0.2) is 12.7 Å². The average Bonchev–Trinajstić information content (AvgIpc) is 2.37. The summed E-state index contributed by atoms with van der Waals surface area (Å²) in [6.45, 7) is 4.31. The Morgan fingerprint density at radius 3 is 2.71 bits per heavy atom. The second kappa shape index (κ2) is 4.57. The van der Waals surface area contributed by atoms with Crippen LogP contribution in [0.5, 0.6) is 11.5 Å². The number of hydrogen-bond donors (Lipinski definition) is 1. The lowest BCUT2D eigenvalue weighted by molar-refractivity contribution is 0.0274. The van der Waals surface area contributed by atoms with Gasteiger partial charge in [0.1, 0.15) is 17.1 Å². The SMILES string of the molecule is CCC1(CC)CC(N)c2c(OC)cccc2O1. The number of hydrogen-bond acceptors (Lipinski definition) is 3. The molecule has 1 unspecified atom stereocenters. The number of benzene rings is 1. The Morgan fingerprint density at radius 2 is 2.12 bits per heavy atom. The van der Waals surface area contributed by atoms with Gasteiger partial charge in [-0.3, -0.25) is 0 Å². The monoisotopic (exact) mass is 235 g/mol. The van der Waals surface area contributed by atoms with Gasteiger partial charge in [-0.2, -0.15) is 0 Å². The molecule has 0 spiro atoms. The van der Waals surface area contributed by atoms with Crippen molar-refractivity contribution in [1.29, 1.82) is 0 Å². The lowest BCUT2D eigenvalue weighted by atomic mass is 9.83. The molecule has 94 valence electrons. The molecule has 1 heterocycles. The molecule has 2 rings (SSSR count). The third kappa shape index (κ3) is 2.00. The van der Waals surface area contributed by atoms with Gasteiger partial charge in [0.05, 0.1) is 12.7 Å². The molecule has 0 aliphatic carbocycles. The van der Waals surface area contributed by atoms with Gasteiger partial charge in [-0.1, -0.05) is 19.9 Å². The van der Waals surface area contributed by atoms with Crippen molar-refractivity contribution in [3.8, 4) is 11.5 Å². The highest BCUT2D eigenvalue weighted by atomic mass is 16.5. The molecule has 1 aromatic rings. The maximum Gasteiger partial charge on any atom is 0.128 e. The van der Waals surface area contributed by atoms with E-state index in [1.165, 1.54) is 0 Å². The van der Waals surface area contributed by atoms with Crippen LogP contribution in [0, 0.1) is 0 Å². The van der Waals surface area contributed by atoms with Crippen molar-refractivity contribution in [3.63, 3.8) is 0 Å². The molecular formula is C14H21NO2. The van der Waals surface area contributed by atoms with Crippen LogP contribution in [0.3, 0.4) is 0 Å². The van der Waals surface area contributed by atoms with Gasteiger partial charge in [-0.15, -0.1) is 0 Å². The van der Waals surface area contributed by atoms with E-state index >= 15 is 0 Å². The fourth-order valence-electron chi connectivity index (χ4n) is 2.62. The summed E-state index contributed by atoms with van der Waals surface area (Å²) in [6.07, 6.45) is 2.81. The average molecular weight is 235 g/mol. The Balaban J connectivity index is 2.44. The maximum absolute atomic E-state index is 6.29. The molecule has 3 heteroatoms. The predicted molar refractivity (Wildman–Crippen MR) is 68.5 cm³/mol. The van der Waals surface area contributed by atoms with Crippen molar-refractivity contribution in [1.82, 2.24) is 0 Å². The molecule has 17 heavy (non-hydrogen) atoms. The molecule has 0 amide bonds. The molecule has 2 N–H and O–H groups in total. The standard InChI is InChI=1S/C14H21NO2/c1-4-14(5-2)9-10(15)13-11(16-3)7-6-8-12(13)17-14/h6-8,10H,4-5,9,15H2,1-3H3. The van der Waals surface area contributed by atoms with Crippen LogP contribution in [0.1, 0.15) is 44.7 Å². The molecule has 0 saturated heterocycles. The summed E-state index contributed by atoms with van der Waals surface area (Å²) in [7, 11) is 1.67. The number of methoxy groups -OCH3 is 1. The van der Waals surface area contributed by atoms with E-state index in [4.69, 9.17) is 15.2 Å². The topological polar surface area (TPSA) is 44.5 Å². The van der Waals surface area contributed by atoms with E-state index in [1.807, 2.05) is 18.2 Å². The van der Waals surface area contributed by atoms with E-state index in [-0.39, 0.29) is 11.6 Å². The fourth-order valence-corrected chi connectivity index (χ4v) is 2.62. The Bertz CT molecular complexity index is 399. The molecule has 3 nitrogen and oxygen atoms in total. The Morgan fingerprint density at radius 1 is 1.41 bits per heavy atom. The Labute approximate surface area is 103 Å². The van der Waals surface area contributed by atoms with Gasteiger partial charge in [0.2, 0.25) is 0 Å². The molecular weight excluding hydrogens is 214 g/mol. The molecule has 0 saturated carbocycles. The van der Waals surface area contributed by atoms with Crippen LogP contribution >= 0.6 is 0 Å². The highest BCUT2D eigenvalue weighted by molar-refractivity contribution is 5.48. The van der Waals surface area contributed by atoms with Gasteiger partial charge in [0, 0.05) is 12.5 Å². The number of nitrogens with two attached hydrogens (primary N) is 1. The lowest BCUT2D eigenvalue weighted by Crippen LogP contribution is -2.42. The molecule has 0 fully saturated rings. The summed E-state index contributed by atoms with van der Waals surface area (Å²) in [5.74, 6) is 1.71. The Kier molecular flexibility index (Phi) is 3.29. The van der Waals surface area contributed by atoms with Crippen molar-refractivity contribution in [2.24, 2.45) is 5.73 Å². The van der Waals surface area contributed by atoms with E-state index < -0.39 is 0 Å². The number of fused-ring (bicyclic) bond motifs is 1. The quantitative estimate of drug-likeness (QED) is 0.875. The second-order valence-electron chi connectivity index (χ2n) is 4.67. The van der Waals surface area contributed by atoms with Crippen LogP contribution in [0.25, 0.3) is 0 Å². The van der Waals surface area contributed by atoms with Gasteiger partial charge in [0.15, 0.2) is 0 Å². The summed E-state index contributed by atoms with van der Waals surface area (Å²) < 4.78 is 11.5. The normalized spacial score (nSPS) is 21.5. The van der Waals surface area contributed by atoms with E-state index in [2.05, 4.69) is 13.8 Å². The molecule has 0 aromatic heterocycles. The minimum atomic E-state index is -0.112. The van der Waals surface area contributed by atoms with Gasteiger partial charge >= 0.3 is 0 Å². The minimum Gasteiger partial charge on any atom is -0.496 e. The minimum absolute atomic E-state index is 0.00481. The fraction of sp³-hybridized carbons (Fsp3) is 0.571. The van der Waals surface area contributed by atoms with Crippen molar-refractivity contribution in [3.05, 3.63) is 23.8 Å². The van der Waals surface area contributed by atoms with E-state index in [0.29, 0.717) is 0 Å². The van der Waals surface area contributed by atoms with Crippen LogP contribution in [0.4, 0.5) is 0 Å². The highest BCUT2D eigenvalue weighted by Gasteiger charge is 2.38. The zero-order chi connectivity index (χ0) is 12.5. The summed E-state index contributed by atoms with van der Waals surface area (Å²) in [4.78, 5) is 0. The maximum atomic E-state index is 6.29. The van der Waals surface area contributed by atoms with Crippen LogP contribution < -0.4 is 15.2 Å². The van der Waals surface area contributed by atoms with Gasteiger partial charge < -0.3 is 15.2 Å². The first kappa shape index (κ1) is 12.2. The summed E-state index contributed by atoms with van der Waals surface area (Å²) in [5, 5.41) is 0. The predicted octanol–water partition coefficient (Wildman–Crippen LogP) is 3.04. The van der Waals surface area contributed by atoms with Gasteiger partial charge in [-0.05, 0) is 25.0 Å². The second-order valence-corrected chi connectivity index (χ2v) is 4.67. The number of rotatable bonds is 3. The smallest absolute Gasteiger partial charge is 0.128 e. The van der Waals surface area contributed by atoms with Crippen LogP contribution in [0.2, 0.25) is 0 Å². The molecule has 1 aliphatic heterocycles. The number of ether oxygens (including phenoxy) is 2. The summed E-state index contributed by atoms with van der Waals surface area (Å²) in [5.41, 5.74) is 7.18. The first-order valence-electron chi connectivity index (χ1n) is 6.27. The van der Waals surface area contributed by atoms with Crippen molar-refractivity contribution < 1.29 is 9.47 Å². The van der Waals surface area contributed by atoms with Gasteiger partial charge in [0.25, 0.3) is 0 Å². The van der Waals surface area contributed by atoms with E-state index in [9.17, 15) is 0 Å². The molecule has 1 aliphatic rings. The van der Waals surface area contributed by atoms with Crippen LogP contribution in [-0.2, 0) is 0 Å². The largest absolute Gasteiger partial charge is 0.496 e. The molecule has 0 bridgehead atoms. The van der Waals surface area contributed by atoms with Crippen molar-refractivity contribution >= 4 is 0 Å². The molecule has 0 radical (unpaired) electrons. The van der Waals surface area contributed by atoms with E-state index in [1.54, 1.807) is 7.11 Å². The first-order chi connectivity index (χ1) is 8.15. The zero-order valence-electron chi connectivity index (χ0n) is 10.8. The van der Waals surface area contributed by atoms with Gasteiger partial charge in [-0.25, -0.2) is 0 Å². The van der Waals surface area contributed by atoms with Crippen LogP contribution in [0.15, 0.2) is 18.2 Å². The van der Waals surface area contributed by atoms with Crippen molar-refractivity contribution in [2.45, 2.75) is 44.8 Å². The molecule has 1 aromatic carbocycles. The third-order valence-corrected chi connectivity index (χ3v) is 3.82. The highest BCUT2D eigenvalue weighted by Crippen LogP contribution is 2.45. The Hall–Kier alpha value is -1.22. The first-order valence-corrected chi connectivity index (χ1v) is 6.27. The third-order valence-electron chi connectivity index (χ3n) is 3.82. The zero-order valence-corrected chi connectivity index (χ0v) is 10.8. The summed E-state index contributed by atoms with van der Waals surface area (Å²) >= 11 is 0. The lowest BCUT2D eigenvalue weighted by Gasteiger charge is -2.40. The molecule has 1 atom stereocenters.